The fraction of sp³-hybridized carbons (Fsp3) is 0.286. The first-order chi connectivity index (χ1) is 13.7. The number of ether oxygens (including phenoxy) is 2. The first-order valence-corrected chi connectivity index (χ1v) is 9.20. The predicted molar refractivity (Wildman–Crippen MR) is 105 cm³/mol. The number of rotatable bonds is 8. The van der Waals surface area contributed by atoms with Gasteiger partial charge in [-0.1, -0.05) is 18.2 Å². The number of carbonyl (C=O) groups is 2. The molecule has 2 aromatic rings. The van der Waals surface area contributed by atoms with Gasteiger partial charge in [-0.2, -0.15) is 5.10 Å². The van der Waals surface area contributed by atoms with Crippen LogP contribution < -0.4 is 15.5 Å². The normalized spacial score (nSPS) is 16.1. The predicted octanol–water partition coefficient (Wildman–Crippen LogP) is 2.12. The molecule has 1 aliphatic rings. The number of hydrogen-bond donors (Lipinski definition) is 2. The number of amides is 2. The summed E-state index contributed by atoms with van der Waals surface area (Å²) in [5.74, 6) is 0.133. The summed E-state index contributed by atoms with van der Waals surface area (Å²) in [7, 11) is 0. The third-order valence-corrected chi connectivity index (χ3v) is 4.22. The number of nitrogens with one attached hydrogen (secondary N) is 2. The zero-order valence-electron chi connectivity index (χ0n) is 15.5. The monoisotopic (exact) mass is 381 g/mol. The second-order valence-corrected chi connectivity index (χ2v) is 6.36. The highest BCUT2D eigenvalue weighted by molar-refractivity contribution is 5.94. The summed E-state index contributed by atoms with van der Waals surface area (Å²) >= 11 is 0. The smallest absolute Gasteiger partial charge is 0.271 e. The van der Waals surface area contributed by atoms with Gasteiger partial charge < -0.3 is 14.8 Å². The van der Waals surface area contributed by atoms with Crippen molar-refractivity contribution in [3.05, 3.63) is 65.7 Å². The highest BCUT2D eigenvalue weighted by atomic mass is 16.5. The average Bonchev–Trinajstić information content (AvgIpc) is 3.26. The standard InChI is InChI=1S/C21H23N3O4/c25-20(22-14-19-7-4-12-27-19)15-28-18-10-8-16(9-11-18)13-23-24-21(26)17-5-2-1-3-6-17/h1-3,5-6,8-11,13,19H,4,7,12,14-15H2,(H,22,25)(H,24,26)/b23-13+/t19-/m0/s1. The molecule has 1 saturated heterocycles. The minimum absolute atomic E-state index is 0.0483. The molecule has 0 radical (unpaired) electrons. The van der Waals surface area contributed by atoms with E-state index in [4.69, 9.17) is 9.47 Å². The molecule has 7 heteroatoms. The van der Waals surface area contributed by atoms with Gasteiger partial charge in [-0.3, -0.25) is 9.59 Å². The first-order valence-electron chi connectivity index (χ1n) is 9.20. The van der Waals surface area contributed by atoms with Crippen LogP contribution in [0.1, 0.15) is 28.8 Å². The molecule has 2 aromatic carbocycles. The van der Waals surface area contributed by atoms with Crippen LogP contribution in [0.25, 0.3) is 0 Å². The Morgan fingerprint density at radius 1 is 1.14 bits per heavy atom. The Labute approximate surface area is 163 Å². The van der Waals surface area contributed by atoms with E-state index < -0.39 is 0 Å². The topological polar surface area (TPSA) is 89.0 Å². The first kappa shape index (κ1) is 19.6. The van der Waals surface area contributed by atoms with Crippen molar-refractivity contribution in [2.24, 2.45) is 5.10 Å². The van der Waals surface area contributed by atoms with Crippen LogP contribution in [0.4, 0.5) is 0 Å². The molecular weight excluding hydrogens is 358 g/mol. The van der Waals surface area contributed by atoms with E-state index in [2.05, 4.69) is 15.8 Å². The average molecular weight is 381 g/mol. The lowest BCUT2D eigenvalue weighted by Gasteiger charge is -2.11. The number of nitrogens with zero attached hydrogens (tertiary/aromatic N) is 1. The Hall–Kier alpha value is -3.19. The van der Waals surface area contributed by atoms with Crippen molar-refractivity contribution >= 4 is 18.0 Å². The van der Waals surface area contributed by atoms with E-state index in [1.807, 2.05) is 6.07 Å². The van der Waals surface area contributed by atoms with Crippen LogP contribution in [-0.2, 0) is 9.53 Å². The number of hydrazone groups is 1. The minimum Gasteiger partial charge on any atom is -0.484 e. The van der Waals surface area contributed by atoms with Gasteiger partial charge >= 0.3 is 0 Å². The summed E-state index contributed by atoms with van der Waals surface area (Å²) < 4.78 is 10.9. The molecule has 0 aromatic heterocycles. The zero-order valence-corrected chi connectivity index (χ0v) is 15.5. The van der Waals surface area contributed by atoms with Gasteiger partial charge in [0.25, 0.3) is 11.8 Å². The third kappa shape index (κ3) is 6.21. The number of hydrogen-bond acceptors (Lipinski definition) is 5. The second kappa shape index (κ2) is 10.2. The van der Waals surface area contributed by atoms with Crippen LogP contribution in [0, 0.1) is 0 Å². The molecule has 7 nitrogen and oxygen atoms in total. The maximum atomic E-state index is 11.9. The second-order valence-electron chi connectivity index (χ2n) is 6.36. The lowest BCUT2D eigenvalue weighted by atomic mass is 10.2. The van der Waals surface area contributed by atoms with E-state index >= 15 is 0 Å². The van der Waals surface area contributed by atoms with Gasteiger partial charge in [0.2, 0.25) is 0 Å². The fourth-order valence-corrected chi connectivity index (χ4v) is 2.70. The highest BCUT2D eigenvalue weighted by Crippen LogP contribution is 2.12. The quantitative estimate of drug-likeness (QED) is 0.542. The van der Waals surface area contributed by atoms with Crippen molar-refractivity contribution in [3.63, 3.8) is 0 Å². The Kier molecular flexibility index (Phi) is 7.14. The Bertz CT molecular complexity index is 800. The van der Waals surface area contributed by atoms with Gasteiger partial charge in [-0.25, -0.2) is 5.43 Å². The largest absolute Gasteiger partial charge is 0.484 e. The van der Waals surface area contributed by atoms with Crippen LogP contribution in [0.2, 0.25) is 0 Å². The molecule has 1 aliphatic heterocycles. The van der Waals surface area contributed by atoms with E-state index in [1.54, 1.807) is 54.7 Å². The van der Waals surface area contributed by atoms with E-state index in [9.17, 15) is 9.59 Å². The summed E-state index contributed by atoms with van der Waals surface area (Å²) in [4.78, 5) is 23.7. The number of carbonyl (C=O) groups excluding carboxylic acids is 2. The molecule has 0 spiro atoms. The molecule has 146 valence electrons. The lowest BCUT2D eigenvalue weighted by molar-refractivity contribution is -0.123. The van der Waals surface area contributed by atoms with Crippen LogP contribution in [-0.4, -0.2) is 43.9 Å². The molecule has 3 rings (SSSR count). The van der Waals surface area contributed by atoms with E-state index in [-0.39, 0.29) is 24.5 Å². The molecule has 0 bridgehead atoms. The van der Waals surface area contributed by atoms with Gasteiger partial charge in [-0.05, 0) is 54.8 Å². The van der Waals surface area contributed by atoms with Crippen LogP contribution in [0.3, 0.4) is 0 Å². The molecule has 0 unspecified atom stereocenters. The third-order valence-electron chi connectivity index (χ3n) is 4.22. The van der Waals surface area contributed by atoms with Crippen molar-refractivity contribution in [2.45, 2.75) is 18.9 Å². The fourth-order valence-electron chi connectivity index (χ4n) is 2.70. The van der Waals surface area contributed by atoms with Crippen LogP contribution >= 0.6 is 0 Å². The molecule has 0 aliphatic carbocycles. The molecular formula is C21H23N3O4. The van der Waals surface area contributed by atoms with Crippen molar-refractivity contribution in [1.82, 2.24) is 10.7 Å². The molecule has 2 amide bonds. The Morgan fingerprint density at radius 2 is 1.93 bits per heavy atom. The Morgan fingerprint density at radius 3 is 2.64 bits per heavy atom. The molecule has 1 fully saturated rings. The van der Waals surface area contributed by atoms with Crippen molar-refractivity contribution < 1.29 is 19.1 Å². The zero-order chi connectivity index (χ0) is 19.6. The molecule has 28 heavy (non-hydrogen) atoms. The summed E-state index contributed by atoms with van der Waals surface area (Å²) in [6, 6.07) is 15.9. The lowest BCUT2D eigenvalue weighted by Crippen LogP contribution is -2.35. The van der Waals surface area contributed by atoms with Crippen molar-refractivity contribution in [2.75, 3.05) is 19.8 Å². The maximum Gasteiger partial charge on any atom is 0.271 e. The number of benzene rings is 2. The van der Waals surface area contributed by atoms with Gasteiger partial charge in [-0.15, -0.1) is 0 Å². The van der Waals surface area contributed by atoms with Gasteiger partial charge in [0.05, 0.1) is 12.3 Å². The Balaban J connectivity index is 1.39. The van der Waals surface area contributed by atoms with Crippen LogP contribution in [0.5, 0.6) is 5.75 Å². The summed E-state index contributed by atoms with van der Waals surface area (Å²) in [6.07, 6.45) is 3.68. The summed E-state index contributed by atoms with van der Waals surface area (Å²) in [5.41, 5.74) is 3.81. The minimum atomic E-state index is -0.272. The molecule has 0 saturated carbocycles. The van der Waals surface area contributed by atoms with E-state index in [0.29, 0.717) is 17.9 Å². The summed E-state index contributed by atoms with van der Waals surface area (Å²) in [5, 5.41) is 6.75. The maximum absolute atomic E-state index is 11.9. The van der Waals surface area contributed by atoms with Gasteiger partial charge in [0.1, 0.15) is 5.75 Å². The highest BCUT2D eigenvalue weighted by Gasteiger charge is 2.16. The SMILES string of the molecule is O=C(COc1ccc(/C=N/NC(=O)c2ccccc2)cc1)NC[C@@H]1CCCO1. The van der Waals surface area contributed by atoms with Crippen molar-refractivity contribution in [3.8, 4) is 5.75 Å². The summed E-state index contributed by atoms with van der Waals surface area (Å²) in [6.45, 7) is 1.24. The van der Waals surface area contributed by atoms with Gasteiger partial charge in [0, 0.05) is 18.7 Å². The van der Waals surface area contributed by atoms with Gasteiger partial charge in [0.15, 0.2) is 6.61 Å². The van der Waals surface area contributed by atoms with Crippen LogP contribution in [0.15, 0.2) is 59.7 Å². The van der Waals surface area contributed by atoms with E-state index in [0.717, 1.165) is 25.0 Å². The van der Waals surface area contributed by atoms with Crippen molar-refractivity contribution in [1.29, 1.82) is 0 Å². The molecule has 1 atom stereocenters. The molecule has 1 heterocycles. The molecule has 2 N–H and O–H groups in total. The van der Waals surface area contributed by atoms with E-state index in [1.165, 1.54) is 0 Å².